The normalized spacial score (nSPS) is 19.5. The number of amides is 5. The molecule has 20 nitrogen and oxygen atoms in total. The Bertz CT molecular complexity index is 2200. The van der Waals surface area contributed by atoms with E-state index in [1.165, 1.54) is 7.11 Å². The summed E-state index contributed by atoms with van der Waals surface area (Å²) in [7, 11) is -2.68. The van der Waals surface area contributed by atoms with Crippen LogP contribution in [0.1, 0.15) is 102 Å². The molecule has 0 aromatic heterocycles. The summed E-state index contributed by atoms with van der Waals surface area (Å²) in [6, 6.07) is 3.13. The lowest BCUT2D eigenvalue weighted by molar-refractivity contribution is -0.156. The molecule has 66 heavy (non-hydrogen) atoms. The number of nitrogens with zero attached hydrogens (tertiary/aromatic N) is 1. The van der Waals surface area contributed by atoms with Gasteiger partial charge in [0.25, 0.3) is 10.0 Å². The standard InChI is InChI=1S/C45H69N9O11S/c1-26-22-35(63-10)27(2)28(3)38(26)66(61,62)54-43(47)48-21-13-15-31-39(57)49-25-36(55)50-34(24-37(56)65-45(7,8)9)42(60)53-33(23-29-16-18-30(19-17-29)64-44(4,5)6)41(59)52-32(40(58)51-31)14-11-12-20-46/h16-19,22,31-34H,11-15,20-21,23-25,46H2,1-10H3,(H,49,57)(H,50,55)(H,51,58)(H,52,59)(H,53,60)(H3,47,48,54)/t31-,32-,33+,34-/m0/s1. The number of guanidine groups is 1. The van der Waals surface area contributed by atoms with Gasteiger partial charge in [-0.25, -0.2) is 13.1 Å². The Morgan fingerprint density at radius 3 is 1.95 bits per heavy atom. The van der Waals surface area contributed by atoms with Crippen molar-refractivity contribution in [2.24, 2.45) is 16.5 Å². The minimum absolute atomic E-state index is 0.0221. The van der Waals surface area contributed by atoms with Gasteiger partial charge in [0.1, 0.15) is 46.9 Å². The van der Waals surface area contributed by atoms with Crippen molar-refractivity contribution in [1.29, 1.82) is 0 Å². The highest BCUT2D eigenvalue weighted by Crippen LogP contribution is 2.30. The Morgan fingerprint density at radius 2 is 1.36 bits per heavy atom. The Labute approximate surface area is 387 Å². The highest BCUT2D eigenvalue weighted by molar-refractivity contribution is 7.90. The van der Waals surface area contributed by atoms with E-state index in [1.54, 1.807) is 71.9 Å². The van der Waals surface area contributed by atoms with Gasteiger partial charge in [0.2, 0.25) is 35.5 Å². The molecule has 0 aliphatic carbocycles. The van der Waals surface area contributed by atoms with Crippen molar-refractivity contribution in [3.05, 3.63) is 52.6 Å². The summed E-state index contributed by atoms with van der Waals surface area (Å²) in [4.78, 5) is 86.4. The van der Waals surface area contributed by atoms with Crippen molar-refractivity contribution in [1.82, 2.24) is 31.3 Å². The molecule has 1 aliphatic heterocycles. The lowest BCUT2D eigenvalue weighted by Gasteiger charge is -2.26. The molecule has 21 heteroatoms. The molecule has 0 unspecified atom stereocenters. The van der Waals surface area contributed by atoms with Crippen molar-refractivity contribution in [3.63, 3.8) is 0 Å². The SMILES string of the molecule is COc1cc(C)c(S(=O)(=O)NC(N)=NCCC[C@@H]2NC(=O)[C@H](CCCCN)NC(=O)[C@@H](Cc3ccc(OC(C)(C)C)cc3)NC(=O)[C@H](CC(=O)OC(C)(C)C)NC(=O)CNC2=O)c(C)c1C. The fourth-order valence-corrected chi connectivity index (χ4v) is 8.48. The maximum absolute atomic E-state index is 14.2. The summed E-state index contributed by atoms with van der Waals surface area (Å²) < 4.78 is 45.8. The molecule has 0 bridgehead atoms. The molecule has 1 heterocycles. The van der Waals surface area contributed by atoms with Crippen molar-refractivity contribution < 1.29 is 51.4 Å². The number of rotatable bonds is 16. The number of nitrogens with one attached hydrogen (secondary N) is 6. The molecule has 0 spiro atoms. The van der Waals surface area contributed by atoms with Gasteiger partial charge in [-0.2, -0.15) is 0 Å². The number of nitrogens with two attached hydrogens (primary N) is 2. The van der Waals surface area contributed by atoms with E-state index >= 15 is 0 Å². The van der Waals surface area contributed by atoms with E-state index in [0.717, 1.165) is 0 Å². The van der Waals surface area contributed by atoms with Crippen LogP contribution in [0.3, 0.4) is 0 Å². The smallest absolute Gasteiger partial charge is 0.308 e. The summed E-state index contributed by atoms with van der Waals surface area (Å²) in [5, 5.41) is 13.0. The number of benzene rings is 2. The van der Waals surface area contributed by atoms with Crippen LogP contribution in [-0.4, -0.2) is 112 Å². The van der Waals surface area contributed by atoms with Crippen LogP contribution in [0.2, 0.25) is 0 Å². The summed E-state index contributed by atoms with van der Waals surface area (Å²) in [6.45, 7) is 15.2. The molecule has 10 N–H and O–H groups in total. The molecule has 1 saturated heterocycles. The molecular formula is C45H69N9O11S. The van der Waals surface area contributed by atoms with Crippen molar-refractivity contribution in [2.45, 2.75) is 148 Å². The van der Waals surface area contributed by atoms with Gasteiger partial charge in [0.05, 0.1) is 25.0 Å². The highest BCUT2D eigenvalue weighted by atomic mass is 32.2. The highest BCUT2D eigenvalue weighted by Gasteiger charge is 2.34. The Kier molecular flexibility index (Phi) is 19.8. The molecule has 0 radical (unpaired) electrons. The molecule has 3 rings (SSSR count). The first-order valence-corrected chi connectivity index (χ1v) is 23.4. The molecule has 0 saturated carbocycles. The maximum Gasteiger partial charge on any atom is 0.308 e. The van der Waals surface area contributed by atoms with Gasteiger partial charge in [-0.3, -0.25) is 33.8 Å². The summed E-state index contributed by atoms with van der Waals surface area (Å²) in [5.74, 6) is -4.15. The molecular weight excluding hydrogens is 875 g/mol. The Hall–Kier alpha value is -5.96. The maximum atomic E-state index is 14.2. The average Bonchev–Trinajstić information content (AvgIpc) is 3.20. The fourth-order valence-electron chi connectivity index (χ4n) is 7.00. The zero-order chi connectivity index (χ0) is 49.6. The number of esters is 1. The molecule has 5 amide bonds. The van der Waals surface area contributed by atoms with Gasteiger partial charge < -0.3 is 52.3 Å². The van der Waals surface area contributed by atoms with Crippen molar-refractivity contribution >= 4 is 51.5 Å². The fraction of sp³-hybridized carbons (Fsp3) is 0.578. The Balaban J connectivity index is 1.94. The van der Waals surface area contributed by atoms with Gasteiger partial charge in [-0.15, -0.1) is 0 Å². The summed E-state index contributed by atoms with van der Waals surface area (Å²) in [5.41, 5.74) is 12.5. The van der Waals surface area contributed by atoms with E-state index in [2.05, 4.69) is 36.3 Å². The molecule has 1 aliphatic rings. The number of carbonyl (C=O) groups is 6. The predicted molar refractivity (Wildman–Crippen MR) is 248 cm³/mol. The number of hydrogen-bond donors (Lipinski definition) is 8. The number of unbranched alkanes of at least 4 members (excludes halogenated alkanes) is 1. The lowest BCUT2D eigenvalue weighted by Crippen LogP contribution is -2.58. The molecule has 4 atom stereocenters. The van der Waals surface area contributed by atoms with Crippen LogP contribution in [0, 0.1) is 20.8 Å². The first-order valence-electron chi connectivity index (χ1n) is 21.9. The number of hydrogen-bond acceptors (Lipinski definition) is 13. The molecule has 366 valence electrons. The van der Waals surface area contributed by atoms with E-state index in [4.69, 9.17) is 25.7 Å². The molecule has 2 aromatic rings. The number of sulfonamides is 1. The second kappa shape index (κ2) is 24.0. The minimum Gasteiger partial charge on any atom is -0.496 e. The largest absolute Gasteiger partial charge is 0.496 e. The van der Waals surface area contributed by atoms with Gasteiger partial charge >= 0.3 is 5.97 Å². The van der Waals surface area contributed by atoms with Crippen LogP contribution in [0.15, 0.2) is 40.2 Å². The number of aryl methyl sites for hydroxylation is 1. The van der Waals surface area contributed by atoms with E-state index in [-0.39, 0.29) is 37.1 Å². The molecule has 1 fully saturated rings. The number of carbonyl (C=O) groups excluding carboxylic acids is 6. The monoisotopic (exact) mass is 943 g/mol. The van der Waals surface area contributed by atoms with Crippen LogP contribution in [-0.2, 0) is 49.9 Å². The Morgan fingerprint density at radius 1 is 0.788 bits per heavy atom. The summed E-state index contributed by atoms with van der Waals surface area (Å²) >= 11 is 0. The zero-order valence-corrected chi connectivity index (χ0v) is 40.6. The quantitative estimate of drug-likeness (QED) is 0.0511. The van der Waals surface area contributed by atoms with E-state index < -0.39 is 99.8 Å². The first-order chi connectivity index (χ1) is 30.7. The van der Waals surface area contributed by atoms with E-state index in [0.29, 0.717) is 53.1 Å². The third kappa shape index (κ3) is 17.4. The van der Waals surface area contributed by atoms with Gasteiger partial charge in [-0.05, 0) is 141 Å². The second-order valence-corrected chi connectivity index (χ2v) is 19.8. The van der Waals surface area contributed by atoms with E-state index in [9.17, 15) is 37.2 Å². The van der Waals surface area contributed by atoms with E-state index in [1.807, 2.05) is 20.8 Å². The van der Waals surface area contributed by atoms with Crippen LogP contribution in [0.4, 0.5) is 0 Å². The average molecular weight is 944 g/mol. The predicted octanol–water partition coefficient (Wildman–Crippen LogP) is 1.34. The zero-order valence-electron chi connectivity index (χ0n) is 39.8. The van der Waals surface area contributed by atoms with Gasteiger partial charge in [0.15, 0.2) is 0 Å². The second-order valence-electron chi connectivity index (χ2n) is 18.1. The number of aliphatic imine (C=N–C) groups is 1. The van der Waals surface area contributed by atoms with Crippen molar-refractivity contribution in [2.75, 3.05) is 26.7 Å². The van der Waals surface area contributed by atoms with Crippen molar-refractivity contribution in [3.8, 4) is 11.5 Å². The topological polar surface area (TPSA) is 301 Å². The molecule has 2 aromatic carbocycles. The van der Waals surface area contributed by atoms with Gasteiger partial charge in [0, 0.05) is 13.0 Å². The van der Waals surface area contributed by atoms with Crippen LogP contribution >= 0.6 is 0 Å². The third-order valence-corrected chi connectivity index (χ3v) is 11.8. The minimum atomic E-state index is -4.17. The van der Waals surface area contributed by atoms with Gasteiger partial charge in [-0.1, -0.05) is 12.1 Å². The summed E-state index contributed by atoms with van der Waals surface area (Å²) in [6.07, 6.45) is 0.367. The van der Waals surface area contributed by atoms with Crippen LogP contribution < -0.4 is 52.2 Å². The lowest BCUT2D eigenvalue weighted by atomic mass is 10.0. The third-order valence-electron chi connectivity index (χ3n) is 10.1. The number of ether oxygens (including phenoxy) is 3. The first kappa shape index (κ1) is 54.4. The van der Waals surface area contributed by atoms with Crippen LogP contribution in [0.5, 0.6) is 11.5 Å². The number of methoxy groups -OCH3 is 1. The van der Waals surface area contributed by atoms with Crippen LogP contribution in [0.25, 0.3) is 0 Å².